The summed E-state index contributed by atoms with van der Waals surface area (Å²) in [6.07, 6.45) is 0. The molecule has 0 saturated heterocycles. The Balaban J connectivity index is 3.03. The predicted octanol–water partition coefficient (Wildman–Crippen LogP) is 2.95. The number of rotatable bonds is 4. The molecule has 0 bridgehead atoms. The summed E-state index contributed by atoms with van der Waals surface area (Å²) in [5, 5.41) is 0. The molecule has 1 aromatic carbocycles. The van der Waals surface area contributed by atoms with Crippen molar-refractivity contribution in [1.82, 2.24) is 0 Å². The van der Waals surface area contributed by atoms with Gasteiger partial charge in [-0.05, 0) is 33.8 Å². The third-order valence-electron chi connectivity index (χ3n) is 2.75. The van der Waals surface area contributed by atoms with Crippen molar-refractivity contribution < 1.29 is 9.13 Å². The molecule has 90 valence electrons. The molecule has 0 aliphatic heterocycles. The number of halogens is 1. The molecule has 0 amide bonds. The van der Waals surface area contributed by atoms with Gasteiger partial charge in [0.1, 0.15) is 5.82 Å². The van der Waals surface area contributed by atoms with Gasteiger partial charge in [0.2, 0.25) is 0 Å². The van der Waals surface area contributed by atoms with Gasteiger partial charge in [-0.1, -0.05) is 17.7 Å². The predicted molar refractivity (Wildman–Crippen MR) is 63.8 cm³/mol. The van der Waals surface area contributed by atoms with Crippen molar-refractivity contribution in [3.63, 3.8) is 0 Å². The maximum atomic E-state index is 13.7. The summed E-state index contributed by atoms with van der Waals surface area (Å²) in [6, 6.07) is 4.50. The number of hydrogen-bond acceptors (Lipinski definition) is 2. The normalized spacial score (nSPS) is 13.9. The first-order chi connectivity index (χ1) is 7.38. The van der Waals surface area contributed by atoms with Crippen LogP contribution in [0.5, 0.6) is 0 Å². The van der Waals surface area contributed by atoms with Gasteiger partial charge >= 0.3 is 0 Å². The van der Waals surface area contributed by atoms with Crippen molar-refractivity contribution in [2.75, 3.05) is 6.61 Å². The fourth-order valence-corrected chi connectivity index (χ4v) is 1.74. The number of nitrogens with two attached hydrogens (primary N) is 1. The fraction of sp³-hybridized carbons (Fsp3) is 0.538. The van der Waals surface area contributed by atoms with E-state index in [1.54, 1.807) is 12.1 Å². The first-order valence-corrected chi connectivity index (χ1v) is 5.54. The van der Waals surface area contributed by atoms with E-state index in [-0.39, 0.29) is 5.82 Å². The van der Waals surface area contributed by atoms with Crippen molar-refractivity contribution in [3.05, 3.63) is 35.1 Å². The highest BCUT2D eigenvalue weighted by molar-refractivity contribution is 5.28. The maximum Gasteiger partial charge on any atom is 0.128 e. The van der Waals surface area contributed by atoms with Crippen LogP contribution in [0.1, 0.15) is 37.9 Å². The maximum absolute atomic E-state index is 13.7. The minimum atomic E-state index is -0.566. The van der Waals surface area contributed by atoms with Crippen molar-refractivity contribution in [1.29, 1.82) is 0 Å². The first-order valence-electron chi connectivity index (χ1n) is 5.54. The topological polar surface area (TPSA) is 35.2 Å². The Morgan fingerprint density at radius 3 is 2.62 bits per heavy atom. The second-order valence-electron chi connectivity index (χ2n) is 4.54. The lowest BCUT2D eigenvalue weighted by molar-refractivity contribution is -0.0305. The third-order valence-corrected chi connectivity index (χ3v) is 2.75. The van der Waals surface area contributed by atoms with Gasteiger partial charge in [-0.15, -0.1) is 0 Å². The van der Waals surface area contributed by atoms with E-state index < -0.39 is 11.6 Å². The Morgan fingerprint density at radius 2 is 2.06 bits per heavy atom. The molecular weight excluding hydrogens is 205 g/mol. The molecule has 0 saturated carbocycles. The van der Waals surface area contributed by atoms with Crippen molar-refractivity contribution in [3.8, 4) is 0 Å². The molecule has 1 rings (SSSR count). The lowest BCUT2D eigenvalue weighted by Gasteiger charge is -2.32. The average molecular weight is 225 g/mol. The van der Waals surface area contributed by atoms with Crippen LogP contribution in [0.3, 0.4) is 0 Å². The number of ether oxygens (including phenoxy) is 1. The van der Waals surface area contributed by atoms with Gasteiger partial charge in [0.15, 0.2) is 0 Å². The van der Waals surface area contributed by atoms with E-state index in [0.29, 0.717) is 12.2 Å². The van der Waals surface area contributed by atoms with E-state index >= 15 is 0 Å². The molecule has 1 atom stereocenters. The molecule has 16 heavy (non-hydrogen) atoms. The third kappa shape index (κ3) is 2.80. The molecule has 0 aliphatic rings. The standard InChI is InChI=1S/C13H20FNO/c1-5-16-13(3,4)12(15)10-8-9(2)6-7-11(10)14/h6-8,12H,5,15H2,1-4H3. The smallest absolute Gasteiger partial charge is 0.128 e. The van der Waals surface area contributed by atoms with E-state index in [4.69, 9.17) is 10.5 Å². The SMILES string of the molecule is CCOC(C)(C)C(N)c1cc(C)ccc1F. The van der Waals surface area contributed by atoms with Crippen LogP contribution in [0.4, 0.5) is 4.39 Å². The van der Waals surface area contributed by atoms with Crippen molar-refractivity contribution >= 4 is 0 Å². The van der Waals surface area contributed by atoms with Crippen LogP contribution in [0.25, 0.3) is 0 Å². The van der Waals surface area contributed by atoms with E-state index in [1.807, 2.05) is 27.7 Å². The van der Waals surface area contributed by atoms with E-state index in [0.717, 1.165) is 5.56 Å². The van der Waals surface area contributed by atoms with Gasteiger partial charge in [0, 0.05) is 12.2 Å². The molecule has 0 spiro atoms. The van der Waals surface area contributed by atoms with Crippen LogP contribution in [0.2, 0.25) is 0 Å². The molecule has 1 unspecified atom stereocenters. The molecule has 1 aromatic rings. The van der Waals surface area contributed by atoms with Crippen LogP contribution in [-0.2, 0) is 4.74 Å². The second kappa shape index (κ2) is 4.93. The summed E-state index contributed by atoms with van der Waals surface area (Å²) in [7, 11) is 0. The summed E-state index contributed by atoms with van der Waals surface area (Å²) in [6.45, 7) is 8.14. The van der Waals surface area contributed by atoms with Crippen LogP contribution in [-0.4, -0.2) is 12.2 Å². The highest BCUT2D eigenvalue weighted by atomic mass is 19.1. The molecule has 3 heteroatoms. The molecule has 2 nitrogen and oxygen atoms in total. The summed E-state index contributed by atoms with van der Waals surface area (Å²) in [5.74, 6) is -0.272. The highest BCUT2D eigenvalue weighted by Gasteiger charge is 2.30. The Morgan fingerprint density at radius 1 is 1.44 bits per heavy atom. The molecule has 2 N–H and O–H groups in total. The fourth-order valence-electron chi connectivity index (χ4n) is 1.74. The lowest BCUT2D eigenvalue weighted by Crippen LogP contribution is -2.38. The van der Waals surface area contributed by atoms with E-state index in [1.165, 1.54) is 6.07 Å². The number of aryl methyl sites for hydroxylation is 1. The van der Waals surface area contributed by atoms with E-state index in [9.17, 15) is 4.39 Å². The number of benzene rings is 1. The lowest BCUT2D eigenvalue weighted by atomic mass is 9.91. The molecular formula is C13H20FNO. The monoisotopic (exact) mass is 225 g/mol. The zero-order chi connectivity index (χ0) is 12.3. The molecule has 0 heterocycles. The largest absolute Gasteiger partial charge is 0.374 e. The molecule has 0 radical (unpaired) electrons. The van der Waals surface area contributed by atoms with Crippen LogP contribution in [0.15, 0.2) is 18.2 Å². The average Bonchev–Trinajstić information content (AvgIpc) is 2.20. The van der Waals surface area contributed by atoms with Gasteiger partial charge < -0.3 is 10.5 Å². The Bertz CT molecular complexity index is 363. The summed E-state index contributed by atoms with van der Waals surface area (Å²) in [5.41, 5.74) is 7.01. The second-order valence-corrected chi connectivity index (χ2v) is 4.54. The first kappa shape index (κ1) is 13.1. The zero-order valence-electron chi connectivity index (χ0n) is 10.4. The van der Waals surface area contributed by atoms with Crippen molar-refractivity contribution in [2.24, 2.45) is 5.73 Å². The summed E-state index contributed by atoms with van der Waals surface area (Å²) in [4.78, 5) is 0. The highest BCUT2D eigenvalue weighted by Crippen LogP contribution is 2.28. The Labute approximate surface area is 96.6 Å². The van der Waals surface area contributed by atoms with E-state index in [2.05, 4.69) is 0 Å². The van der Waals surface area contributed by atoms with Gasteiger partial charge in [0.05, 0.1) is 11.6 Å². The number of hydrogen-bond donors (Lipinski definition) is 1. The Kier molecular flexibility index (Phi) is 4.05. The quantitative estimate of drug-likeness (QED) is 0.855. The Hall–Kier alpha value is -0.930. The summed E-state index contributed by atoms with van der Waals surface area (Å²) < 4.78 is 19.2. The van der Waals surface area contributed by atoms with Gasteiger partial charge in [-0.25, -0.2) is 4.39 Å². The molecule has 0 fully saturated rings. The van der Waals surface area contributed by atoms with Crippen LogP contribution in [0, 0.1) is 12.7 Å². The van der Waals surface area contributed by atoms with Gasteiger partial charge in [0.25, 0.3) is 0 Å². The van der Waals surface area contributed by atoms with Gasteiger partial charge in [-0.3, -0.25) is 0 Å². The molecule has 0 aromatic heterocycles. The minimum absolute atomic E-state index is 0.272. The van der Waals surface area contributed by atoms with Crippen LogP contribution < -0.4 is 5.73 Å². The van der Waals surface area contributed by atoms with Crippen LogP contribution >= 0.6 is 0 Å². The summed E-state index contributed by atoms with van der Waals surface area (Å²) >= 11 is 0. The zero-order valence-corrected chi connectivity index (χ0v) is 10.4. The van der Waals surface area contributed by atoms with Crippen molar-refractivity contribution in [2.45, 2.75) is 39.3 Å². The minimum Gasteiger partial charge on any atom is -0.374 e. The molecule has 0 aliphatic carbocycles. The van der Waals surface area contributed by atoms with Gasteiger partial charge in [-0.2, -0.15) is 0 Å².